The average molecular weight is 302 g/mol. The van der Waals surface area contributed by atoms with E-state index in [0.717, 1.165) is 11.1 Å². The molecule has 0 aromatic heterocycles. The maximum atomic E-state index is 13.3. The molecule has 116 valence electrons. The van der Waals surface area contributed by atoms with Gasteiger partial charge in [0.1, 0.15) is 18.2 Å². The van der Waals surface area contributed by atoms with Gasteiger partial charge >= 0.3 is 5.97 Å². The quantitative estimate of drug-likeness (QED) is 0.772. The monoisotopic (exact) mass is 302 g/mol. The van der Waals surface area contributed by atoms with Gasteiger partial charge in [0, 0.05) is 0 Å². The number of carbonyl (C=O) groups excluding carboxylic acids is 1. The van der Waals surface area contributed by atoms with Gasteiger partial charge in [-0.15, -0.1) is 0 Å². The third-order valence-electron chi connectivity index (χ3n) is 3.36. The van der Waals surface area contributed by atoms with E-state index in [1.54, 1.807) is 18.2 Å². The van der Waals surface area contributed by atoms with Crippen molar-refractivity contribution in [2.24, 2.45) is 0 Å². The topological polar surface area (TPSA) is 35.5 Å². The summed E-state index contributed by atoms with van der Waals surface area (Å²) in [5.74, 6) is 0.215. The number of methoxy groups -OCH3 is 1. The van der Waals surface area contributed by atoms with E-state index < -0.39 is 0 Å². The first-order valence-corrected chi connectivity index (χ1v) is 7.10. The minimum atomic E-state index is -0.368. The predicted molar refractivity (Wildman–Crippen MR) is 82.6 cm³/mol. The highest BCUT2D eigenvalue weighted by Gasteiger charge is 2.10. The van der Waals surface area contributed by atoms with Gasteiger partial charge in [0.25, 0.3) is 0 Å². The third kappa shape index (κ3) is 3.85. The Kier molecular flexibility index (Phi) is 5.15. The van der Waals surface area contributed by atoms with Crippen LogP contribution in [0.3, 0.4) is 0 Å². The zero-order valence-electron chi connectivity index (χ0n) is 12.9. The Morgan fingerprint density at radius 1 is 1.14 bits per heavy atom. The molecule has 0 bridgehead atoms. The Balaban J connectivity index is 2.08. The summed E-state index contributed by atoms with van der Waals surface area (Å²) >= 11 is 0. The van der Waals surface area contributed by atoms with Gasteiger partial charge in [0.05, 0.1) is 12.7 Å². The summed E-state index contributed by atoms with van der Waals surface area (Å²) in [6.45, 7) is 4.34. The fourth-order valence-electron chi connectivity index (χ4n) is 2.12. The first-order valence-electron chi connectivity index (χ1n) is 7.10. The van der Waals surface area contributed by atoms with Gasteiger partial charge in [-0.25, -0.2) is 9.18 Å². The second kappa shape index (κ2) is 7.07. The highest BCUT2D eigenvalue weighted by Crippen LogP contribution is 2.27. The van der Waals surface area contributed by atoms with Crippen LogP contribution in [0.1, 0.15) is 41.3 Å². The number of ether oxygens (including phenoxy) is 2. The van der Waals surface area contributed by atoms with Crippen molar-refractivity contribution in [2.45, 2.75) is 26.4 Å². The Hall–Kier alpha value is -2.36. The lowest BCUT2D eigenvalue weighted by atomic mass is 10.0. The maximum Gasteiger partial charge on any atom is 0.337 e. The van der Waals surface area contributed by atoms with Crippen LogP contribution in [0.15, 0.2) is 42.5 Å². The van der Waals surface area contributed by atoms with Crippen molar-refractivity contribution < 1.29 is 18.7 Å². The average Bonchev–Trinajstić information content (AvgIpc) is 2.53. The van der Waals surface area contributed by atoms with Gasteiger partial charge in [-0.1, -0.05) is 26.0 Å². The lowest BCUT2D eigenvalue weighted by Gasteiger charge is -2.14. The van der Waals surface area contributed by atoms with Crippen LogP contribution in [0.2, 0.25) is 0 Å². The Morgan fingerprint density at radius 2 is 1.82 bits per heavy atom. The Morgan fingerprint density at radius 3 is 2.41 bits per heavy atom. The van der Waals surface area contributed by atoms with Gasteiger partial charge in [0.15, 0.2) is 0 Å². The van der Waals surface area contributed by atoms with E-state index in [1.165, 1.54) is 19.2 Å². The molecule has 0 amide bonds. The third-order valence-corrected chi connectivity index (χ3v) is 3.36. The minimum absolute atomic E-state index is 0.174. The second-order valence-corrected chi connectivity index (χ2v) is 5.31. The molecule has 0 saturated heterocycles. The van der Waals surface area contributed by atoms with Crippen LogP contribution in [-0.4, -0.2) is 13.1 Å². The van der Waals surface area contributed by atoms with Crippen LogP contribution in [0.5, 0.6) is 5.75 Å². The van der Waals surface area contributed by atoms with E-state index >= 15 is 0 Å². The van der Waals surface area contributed by atoms with E-state index in [-0.39, 0.29) is 17.7 Å². The summed E-state index contributed by atoms with van der Waals surface area (Å²) in [5, 5.41) is 0. The summed E-state index contributed by atoms with van der Waals surface area (Å²) in [6, 6.07) is 11.5. The van der Waals surface area contributed by atoms with Crippen LogP contribution >= 0.6 is 0 Å². The largest absolute Gasteiger partial charge is 0.489 e. The van der Waals surface area contributed by atoms with E-state index in [2.05, 4.69) is 4.74 Å². The fraction of sp³-hybridized carbons (Fsp3) is 0.278. The van der Waals surface area contributed by atoms with Crippen LogP contribution < -0.4 is 4.74 Å². The van der Waals surface area contributed by atoms with Crippen LogP contribution in [-0.2, 0) is 11.3 Å². The molecular weight excluding hydrogens is 283 g/mol. The normalized spacial score (nSPS) is 10.6. The van der Waals surface area contributed by atoms with E-state index in [4.69, 9.17) is 4.74 Å². The van der Waals surface area contributed by atoms with Gasteiger partial charge in [-0.05, 0) is 47.4 Å². The molecule has 0 unspecified atom stereocenters. The molecule has 4 heteroatoms. The summed E-state index contributed by atoms with van der Waals surface area (Å²) in [7, 11) is 1.35. The molecule has 2 aromatic rings. The number of esters is 1. The summed E-state index contributed by atoms with van der Waals surface area (Å²) < 4.78 is 23.8. The highest BCUT2D eigenvalue weighted by molar-refractivity contribution is 5.89. The molecule has 0 aliphatic rings. The maximum absolute atomic E-state index is 13.3. The number of carbonyl (C=O) groups is 1. The van der Waals surface area contributed by atoms with Crippen LogP contribution in [0.4, 0.5) is 4.39 Å². The fourth-order valence-corrected chi connectivity index (χ4v) is 2.12. The van der Waals surface area contributed by atoms with Crippen molar-refractivity contribution in [3.05, 3.63) is 65.0 Å². The van der Waals surface area contributed by atoms with Crippen molar-refractivity contribution in [3.63, 3.8) is 0 Å². The van der Waals surface area contributed by atoms with E-state index in [9.17, 15) is 9.18 Å². The molecule has 2 rings (SSSR count). The number of benzene rings is 2. The van der Waals surface area contributed by atoms with E-state index in [0.29, 0.717) is 17.9 Å². The molecular formula is C18H19FO3. The van der Waals surface area contributed by atoms with Crippen molar-refractivity contribution in [1.29, 1.82) is 0 Å². The molecule has 0 fully saturated rings. The molecule has 0 spiro atoms. The SMILES string of the molecule is COC(=O)c1ccc(COc2ccc(F)cc2C(C)C)cc1. The number of hydrogen-bond acceptors (Lipinski definition) is 3. The van der Waals surface area contributed by atoms with E-state index in [1.807, 2.05) is 26.0 Å². The zero-order valence-corrected chi connectivity index (χ0v) is 12.9. The number of rotatable bonds is 5. The van der Waals surface area contributed by atoms with Crippen molar-refractivity contribution in [3.8, 4) is 5.75 Å². The van der Waals surface area contributed by atoms with Gasteiger partial charge in [0.2, 0.25) is 0 Å². The van der Waals surface area contributed by atoms with Gasteiger partial charge in [-0.3, -0.25) is 0 Å². The van der Waals surface area contributed by atoms with Gasteiger partial charge < -0.3 is 9.47 Å². The van der Waals surface area contributed by atoms with Crippen molar-refractivity contribution >= 4 is 5.97 Å². The molecule has 0 aliphatic carbocycles. The zero-order chi connectivity index (χ0) is 16.1. The van der Waals surface area contributed by atoms with Crippen molar-refractivity contribution in [1.82, 2.24) is 0 Å². The van der Waals surface area contributed by atoms with Gasteiger partial charge in [-0.2, -0.15) is 0 Å². The molecule has 0 atom stereocenters. The summed E-state index contributed by atoms with van der Waals surface area (Å²) in [4.78, 5) is 11.4. The minimum Gasteiger partial charge on any atom is -0.489 e. The highest BCUT2D eigenvalue weighted by atomic mass is 19.1. The summed E-state index contributed by atoms with van der Waals surface area (Å²) in [6.07, 6.45) is 0. The number of halogens is 1. The molecule has 3 nitrogen and oxygen atoms in total. The molecule has 0 saturated carbocycles. The molecule has 0 heterocycles. The molecule has 22 heavy (non-hydrogen) atoms. The molecule has 0 aliphatic heterocycles. The first-order chi connectivity index (χ1) is 10.5. The Labute approximate surface area is 129 Å². The molecule has 0 N–H and O–H groups in total. The smallest absolute Gasteiger partial charge is 0.337 e. The second-order valence-electron chi connectivity index (χ2n) is 5.31. The lowest BCUT2D eigenvalue weighted by molar-refractivity contribution is 0.0600. The Bertz CT molecular complexity index is 648. The lowest BCUT2D eigenvalue weighted by Crippen LogP contribution is -2.03. The number of hydrogen-bond donors (Lipinski definition) is 0. The summed E-state index contributed by atoms with van der Waals surface area (Å²) in [5.41, 5.74) is 2.26. The van der Waals surface area contributed by atoms with Crippen LogP contribution in [0.25, 0.3) is 0 Å². The first kappa shape index (κ1) is 16.0. The van der Waals surface area contributed by atoms with Crippen molar-refractivity contribution in [2.75, 3.05) is 7.11 Å². The van der Waals surface area contributed by atoms with Crippen LogP contribution in [0, 0.1) is 5.82 Å². The predicted octanol–water partition coefficient (Wildman–Crippen LogP) is 4.31. The molecule has 2 aromatic carbocycles. The standard InChI is InChI=1S/C18H19FO3/c1-12(2)16-10-15(19)8-9-17(16)22-11-13-4-6-14(7-5-13)18(20)21-3/h4-10,12H,11H2,1-3H3. The molecule has 0 radical (unpaired) electrons.